The number of carbonyl (C=O) groups excluding carboxylic acids is 1. The SMILES string of the molecule is CCc1cccc(OC(=O)c2c(F)c(F)c(F)c(F)c2F)c1. The molecule has 0 saturated carbocycles. The summed E-state index contributed by atoms with van der Waals surface area (Å²) in [5.74, 6) is -12.9. The lowest BCUT2D eigenvalue weighted by molar-refractivity contribution is 0.0721. The van der Waals surface area contributed by atoms with Gasteiger partial charge in [-0.2, -0.15) is 0 Å². The number of ether oxygens (including phenoxy) is 1. The third kappa shape index (κ3) is 2.79. The Morgan fingerprint density at radius 2 is 1.50 bits per heavy atom. The number of hydrogen-bond acceptors (Lipinski definition) is 2. The first-order valence-corrected chi connectivity index (χ1v) is 6.19. The van der Waals surface area contributed by atoms with Crippen molar-refractivity contribution in [3.8, 4) is 5.75 Å². The molecular weight excluding hydrogens is 307 g/mol. The van der Waals surface area contributed by atoms with Crippen LogP contribution in [0.15, 0.2) is 24.3 Å². The Morgan fingerprint density at radius 1 is 0.955 bits per heavy atom. The van der Waals surface area contributed by atoms with Crippen LogP contribution in [0.3, 0.4) is 0 Å². The lowest BCUT2D eigenvalue weighted by Crippen LogP contribution is -2.17. The maximum Gasteiger partial charge on any atom is 0.349 e. The molecule has 0 bridgehead atoms. The van der Waals surface area contributed by atoms with Crippen LogP contribution >= 0.6 is 0 Å². The van der Waals surface area contributed by atoms with Crippen LogP contribution in [0, 0.1) is 29.1 Å². The van der Waals surface area contributed by atoms with Crippen LogP contribution in [0.25, 0.3) is 0 Å². The third-order valence-electron chi connectivity index (χ3n) is 2.93. The first-order chi connectivity index (χ1) is 10.4. The second-order valence-corrected chi connectivity index (χ2v) is 4.34. The lowest BCUT2D eigenvalue weighted by Gasteiger charge is -2.09. The molecule has 2 aromatic carbocycles. The van der Waals surface area contributed by atoms with E-state index in [2.05, 4.69) is 4.74 Å². The van der Waals surface area contributed by atoms with E-state index in [1.165, 1.54) is 18.2 Å². The van der Waals surface area contributed by atoms with Gasteiger partial charge in [0.05, 0.1) is 0 Å². The van der Waals surface area contributed by atoms with Crippen molar-refractivity contribution in [2.45, 2.75) is 13.3 Å². The summed E-state index contributed by atoms with van der Waals surface area (Å²) >= 11 is 0. The van der Waals surface area contributed by atoms with Gasteiger partial charge in [0.2, 0.25) is 5.82 Å². The zero-order valence-electron chi connectivity index (χ0n) is 11.2. The molecule has 22 heavy (non-hydrogen) atoms. The highest BCUT2D eigenvalue weighted by Gasteiger charge is 2.30. The van der Waals surface area contributed by atoms with E-state index in [0.717, 1.165) is 5.56 Å². The number of halogens is 5. The van der Waals surface area contributed by atoms with Gasteiger partial charge in [-0.3, -0.25) is 0 Å². The van der Waals surface area contributed by atoms with Gasteiger partial charge in [-0.15, -0.1) is 0 Å². The van der Waals surface area contributed by atoms with Gasteiger partial charge >= 0.3 is 5.97 Å². The first kappa shape index (κ1) is 15.9. The van der Waals surface area contributed by atoms with Gasteiger partial charge in [0.15, 0.2) is 23.3 Å². The Kier molecular flexibility index (Phi) is 4.44. The monoisotopic (exact) mass is 316 g/mol. The maximum atomic E-state index is 13.5. The van der Waals surface area contributed by atoms with Gasteiger partial charge in [-0.05, 0) is 24.1 Å². The molecule has 0 atom stereocenters. The van der Waals surface area contributed by atoms with Gasteiger partial charge in [0.1, 0.15) is 11.3 Å². The van der Waals surface area contributed by atoms with Crippen LogP contribution in [-0.2, 0) is 6.42 Å². The highest BCUT2D eigenvalue weighted by atomic mass is 19.2. The van der Waals surface area contributed by atoms with Crippen molar-refractivity contribution >= 4 is 5.97 Å². The van der Waals surface area contributed by atoms with Gasteiger partial charge in [0.25, 0.3) is 0 Å². The Bertz CT molecular complexity index is 714. The van der Waals surface area contributed by atoms with E-state index < -0.39 is 40.6 Å². The van der Waals surface area contributed by atoms with E-state index in [1.807, 2.05) is 6.92 Å². The molecule has 0 aliphatic carbocycles. The molecule has 2 rings (SSSR count). The summed E-state index contributed by atoms with van der Waals surface area (Å²) in [4.78, 5) is 11.7. The van der Waals surface area contributed by atoms with E-state index in [4.69, 9.17) is 0 Å². The number of carbonyl (C=O) groups is 1. The summed E-state index contributed by atoms with van der Waals surface area (Å²) in [6.45, 7) is 1.82. The molecule has 0 heterocycles. The number of rotatable bonds is 3. The zero-order chi connectivity index (χ0) is 16.4. The molecule has 0 N–H and O–H groups in total. The molecule has 0 aromatic heterocycles. The third-order valence-corrected chi connectivity index (χ3v) is 2.93. The quantitative estimate of drug-likeness (QED) is 0.279. The smallest absolute Gasteiger partial charge is 0.349 e. The second-order valence-electron chi connectivity index (χ2n) is 4.34. The van der Waals surface area contributed by atoms with Crippen molar-refractivity contribution in [2.24, 2.45) is 0 Å². The van der Waals surface area contributed by atoms with Crippen molar-refractivity contribution in [1.29, 1.82) is 0 Å². The molecule has 7 heteroatoms. The standard InChI is InChI=1S/C15H9F5O2/c1-2-7-4-3-5-8(6-7)22-15(21)9-10(16)12(18)14(20)13(19)11(9)17/h3-6H,2H2,1H3. The minimum Gasteiger partial charge on any atom is -0.423 e. The van der Waals surface area contributed by atoms with E-state index in [9.17, 15) is 26.7 Å². The highest BCUT2D eigenvalue weighted by molar-refractivity contribution is 5.91. The Morgan fingerprint density at radius 3 is 2.05 bits per heavy atom. The molecule has 0 fully saturated rings. The summed E-state index contributed by atoms with van der Waals surface area (Å²) < 4.78 is 70.6. The van der Waals surface area contributed by atoms with Crippen LogP contribution in [-0.4, -0.2) is 5.97 Å². The summed E-state index contributed by atoms with van der Waals surface area (Å²) in [7, 11) is 0. The largest absolute Gasteiger partial charge is 0.423 e. The fourth-order valence-electron chi connectivity index (χ4n) is 1.77. The summed E-state index contributed by atoms with van der Waals surface area (Å²) in [6.07, 6.45) is 0.605. The molecule has 0 aliphatic heterocycles. The summed E-state index contributed by atoms with van der Waals surface area (Å²) in [5, 5.41) is 0. The molecule has 0 aliphatic rings. The van der Waals surface area contributed by atoms with Crippen LogP contribution in [0.5, 0.6) is 5.75 Å². The van der Waals surface area contributed by atoms with Crippen molar-refractivity contribution in [3.63, 3.8) is 0 Å². The van der Waals surface area contributed by atoms with E-state index in [0.29, 0.717) is 6.42 Å². The minimum atomic E-state index is -2.33. The molecule has 2 aromatic rings. The van der Waals surface area contributed by atoms with Gasteiger partial charge in [-0.25, -0.2) is 26.7 Å². The van der Waals surface area contributed by atoms with Crippen molar-refractivity contribution in [3.05, 3.63) is 64.5 Å². The van der Waals surface area contributed by atoms with Gasteiger partial charge in [0, 0.05) is 0 Å². The average molecular weight is 316 g/mol. The van der Waals surface area contributed by atoms with Crippen LogP contribution in [0.1, 0.15) is 22.8 Å². The highest BCUT2D eigenvalue weighted by Crippen LogP contribution is 2.24. The normalized spacial score (nSPS) is 10.6. The molecule has 0 saturated heterocycles. The number of hydrogen-bond donors (Lipinski definition) is 0. The molecule has 0 spiro atoms. The number of benzene rings is 2. The molecule has 2 nitrogen and oxygen atoms in total. The molecule has 0 radical (unpaired) electrons. The predicted molar refractivity (Wildman–Crippen MR) is 67.0 cm³/mol. The lowest BCUT2D eigenvalue weighted by atomic mass is 10.1. The molecule has 0 unspecified atom stereocenters. The van der Waals surface area contributed by atoms with Gasteiger partial charge in [-0.1, -0.05) is 19.1 Å². The number of aryl methyl sites for hydroxylation is 1. The Labute approximate surface area is 122 Å². The van der Waals surface area contributed by atoms with E-state index in [-0.39, 0.29) is 5.75 Å². The topological polar surface area (TPSA) is 26.3 Å². The fourth-order valence-corrected chi connectivity index (χ4v) is 1.77. The molecular formula is C15H9F5O2. The average Bonchev–Trinajstić information content (AvgIpc) is 2.51. The van der Waals surface area contributed by atoms with Gasteiger partial charge < -0.3 is 4.74 Å². The van der Waals surface area contributed by atoms with Crippen LogP contribution < -0.4 is 4.74 Å². The van der Waals surface area contributed by atoms with Crippen LogP contribution in [0.2, 0.25) is 0 Å². The number of esters is 1. The Balaban J connectivity index is 2.42. The van der Waals surface area contributed by atoms with Crippen molar-refractivity contribution in [2.75, 3.05) is 0 Å². The minimum absolute atomic E-state index is 0.0618. The summed E-state index contributed by atoms with van der Waals surface area (Å²) in [5.41, 5.74) is -0.860. The van der Waals surface area contributed by atoms with E-state index in [1.54, 1.807) is 6.07 Å². The predicted octanol–water partition coefficient (Wildman–Crippen LogP) is 4.16. The fraction of sp³-hybridized carbons (Fsp3) is 0.133. The summed E-state index contributed by atoms with van der Waals surface area (Å²) in [6, 6.07) is 5.99. The van der Waals surface area contributed by atoms with Crippen molar-refractivity contribution < 1.29 is 31.5 Å². The maximum absolute atomic E-state index is 13.5. The zero-order valence-corrected chi connectivity index (χ0v) is 11.2. The second kappa shape index (κ2) is 6.13. The van der Waals surface area contributed by atoms with Crippen LogP contribution in [0.4, 0.5) is 22.0 Å². The molecule has 0 amide bonds. The Hall–Kier alpha value is -2.44. The van der Waals surface area contributed by atoms with Crippen molar-refractivity contribution in [1.82, 2.24) is 0 Å². The van der Waals surface area contributed by atoms with E-state index >= 15 is 0 Å². The first-order valence-electron chi connectivity index (χ1n) is 6.19. The molecule has 116 valence electrons.